The number of hydrogen-bond donors (Lipinski definition) is 1. The molecule has 0 aliphatic rings. The van der Waals surface area contributed by atoms with E-state index in [1.54, 1.807) is 43.5 Å². The van der Waals surface area contributed by atoms with Crippen LogP contribution in [-0.4, -0.2) is 18.3 Å². The van der Waals surface area contributed by atoms with Gasteiger partial charge in [-0.15, -0.1) is 0 Å². The molecule has 3 aromatic rings. The lowest BCUT2D eigenvalue weighted by atomic mass is 10.2. The Bertz CT molecular complexity index is 939. The highest BCUT2D eigenvalue weighted by Gasteiger charge is 2.24. The Kier molecular flexibility index (Phi) is 4.15. The van der Waals surface area contributed by atoms with Crippen LogP contribution in [0.25, 0.3) is 5.69 Å². The molecular weight excluding hydrogens is 310 g/mol. The Morgan fingerprint density at radius 1 is 1.21 bits per heavy atom. The molecule has 0 unspecified atom stereocenters. The number of methoxy groups -OCH3 is 1. The lowest BCUT2D eigenvalue weighted by molar-refractivity contribution is -0.673. The maximum atomic E-state index is 12.5. The van der Waals surface area contributed by atoms with Crippen LogP contribution in [0.4, 0.5) is 5.69 Å². The van der Waals surface area contributed by atoms with Crippen molar-refractivity contribution in [3.8, 4) is 11.4 Å². The molecule has 0 saturated heterocycles. The normalized spacial score (nSPS) is 11.5. The summed E-state index contributed by atoms with van der Waals surface area (Å²) in [6, 6.07) is 14.0. The second-order valence-corrected chi connectivity index (χ2v) is 5.07. The molecule has 7 nitrogen and oxygen atoms in total. The third kappa shape index (κ3) is 2.91. The number of hydrogen-bond acceptors (Lipinski definition) is 5. The molecule has 1 heterocycles. The Balaban J connectivity index is 2.07. The van der Waals surface area contributed by atoms with Crippen molar-refractivity contribution in [2.24, 2.45) is 4.99 Å². The average Bonchev–Trinajstić information content (AvgIpc) is 2.98. The summed E-state index contributed by atoms with van der Waals surface area (Å²) >= 11 is 0. The van der Waals surface area contributed by atoms with E-state index in [4.69, 9.17) is 9.26 Å². The van der Waals surface area contributed by atoms with Crippen LogP contribution in [0.3, 0.4) is 0 Å². The molecule has 0 atom stereocenters. The number of ether oxygens (including phenoxy) is 1. The van der Waals surface area contributed by atoms with E-state index in [1.165, 1.54) is 4.68 Å². The fourth-order valence-corrected chi connectivity index (χ4v) is 2.22. The number of aryl methyl sites for hydroxylation is 1. The summed E-state index contributed by atoms with van der Waals surface area (Å²) in [6.07, 6.45) is 0. The van der Waals surface area contributed by atoms with E-state index < -0.39 is 11.5 Å². The summed E-state index contributed by atoms with van der Waals surface area (Å²) in [6.45, 7) is 1.84. The fraction of sp³-hybridized carbons (Fsp3) is 0.118. The predicted molar refractivity (Wildman–Crippen MR) is 84.8 cm³/mol. The van der Waals surface area contributed by atoms with Gasteiger partial charge >= 0.3 is 11.3 Å². The van der Waals surface area contributed by atoms with Gasteiger partial charge in [0.15, 0.2) is 0 Å². The van der Waals surface area contributed by atoms with E-state index >= 15 is 0 Å². The molecule has 24 heavy (non-hydrogen) atoms. The van der Waals surface area contributed by atoms with Crippen molar-refractivity contribution >= 4 is 11.6 Å². The monoisotopic (exact) mass is 325 g/mol. The Morgan fingerprint density at radius 2 is 1.92 bits per heavy atom. The van der Waals surface area contributed by atoms with E-state index in [2.05, 4.69) is 10.3 Å². The summed E-state index contributed by atoms with van der Waals surface area (Å²) in [5.41, 5.74) is 0.896. The Morgan fingerprint density at radius 3 is 2.58 bits per heavy atom. The molecular formula is C17H15N3O4. The number of H-pyrrole nitrogens is 1. The molecule has 122 valence electrons. The summed E-state index contributed by atoms with van der Waals surface area (Å²) in [5, 5.41) is 14.9. The van der Waals surface area contributed by atoms with Gasteiger partial charge in [-0.05, 0) is 40.6 Å². The minimum absolute atomic E-state index is 0.205. The van der Waals surface area contributed by atoms with Crippen molar-refractivity contribution in [3.05, 3.63) is 70.2 Å². The van der Waals surface area contributed by atoms with Crippen molar-refractivity contribution in [1.82, 2.24) is 5.27 Å². The number of nitrogens with one attached hydrogen (secondary N) is 1. The van der Waals surface area contributed by atoms with Gasteiger partial charge in [-0.25, -0.2) is 4.79 Å². The van der Waals surface area contributed by atoms with Crippen LogP contribution in [0.2, 0.25) is 0 Å². The lowest BCUT2D eigenvalue weighted by Crippen LogP contribution is -2.44. The number of benzene rings is 2. The second-order valence-electron chi connectivity index (χ2n) is 5.07. The first kappa shape index (κ1) is 15.5. The van der Waals surface area contributed by atoms with Crippen molar-refractivity contribution in [2.75, 3.05) is 7.11 Å². The van der Waals surface area contributed by atoms with Crippen LogP contribution < -0.4 is 20.2 Å². The number of para-hydroxylation sites is 1. The van der Waals surface area contributed by atoms with Crippen LogP contribution in [0.1, 0.15) is 11.3 Å². The van der Waals surface area contributed by atoms with Crippen LogP contribution in [-0.2, 0) is 0 Å². The van der Waals surface area contributed by atoms with Gasteiger partial charge in [-0.1, -0.05) is 18.2 Å². The molecule has 0 aliphatic heterocycles. The largest absolute Gasteiger partial charge is 0.854 e. The summed E-state index contributed by atoms with van der Waals surface area (Å²) in [5.74, 6) is -0.0298. The maximum absolute atomic E-state index is 12.5. The highest BCUT2D eigenvalue weighted by atomic mass is 16.5. The SMILES string of the molecule is COc1ccc(-[n+]2[nH]oc(=O)c2C([O-])=Nc2ccccc2C)cc1. The van der Waals surface area contributed by atoms with Gasteiger partial charge in [0.05, 0.1) is 18.7 Å². The van der Waals surface area contributed by atoms with E-state index in [0.717, 1.165) is 5.56 Å². The van der Waals surface area contributed by atoms with Crippen LogP contribution in [0.5, 0.6) is 5.75 Å². The molecule has 3 rings (SSSR count). The first-order valence-corrected chi connectivity index (χ1v) is 7.20. The van der Waals surface area contributed by atoms with Crippen molar-refractivity contribution in [1.29, 1.82) is 0 Å². The van der Waals surface area contributed by atoms with E-state index in [9.17, 15) is 9.90 Å². The van der Waals surface area contributed by atoms with Gasteiger partial charge in [0.2, 0.25) is 5.69 Å². The number of aliphatic imine (C=N–C) groups is 1. The molecule has 0 aliphatic carbocycles. The Hall–Kier alpha value is -3.35. The molecule has 1 N–H and O–H groups in total. The molecule has 2 aromatic carbocycles. The molecule has 0 radical (unpaired) electrons. The number of aromatic amines is 1. The molecule has 1 aromatic heterocycles. The highest BCUT2D eigenvalue weighted by Crippen LogP contribution is 2.17. The van der Waals surface area contributed by atoms with Crippen LogP contribution in [0.15, 0.2) is 62.8 Å². The van der Waals surface area contributed by atoms with Gasteiger partial charge < -0.3 is 9.84 Å². The van der Waals surface area contributed by atoms with Gasteiger partial charge in [0, 0.05) is 12.1 Å². The first-order chi connectivity index (χ1) is 11.6. The lowest BCUT2D eigenvalue weighted by Gasteiger charge is -2.06. The second kappa shape index (κ2) is 6.41. The van der Waals surface area contributed by atoms with Crippen LogP contribution >= 0.6 is 0 Å². The minimum atomic E-state index is -0.784. The van der Waals surface area contributed by atoms with Crippen molar-refractivity contribution in [3.63, 3.8) is 0 Å². The molecule has 0 amide bonds. The summed E-state index contributed by atoms with van der Waals surface area (Å²) in [4.78, 5) is 15.9. The van der Waals surface area contributed by atoms with Crippen LogP contribution in [0, 0.1) is 6.92 Å². The molecule has 0 bridgehead atoms. The minimum Gasteiger partial charge on any atom is -0.854 e. The highest BCUT2D eigenvalue weighted by molar-refractivity contribution is 5.89. The summed E-state index contributed by atoms with van der Waals surface area (Å²) < 4.78 is 11.1. The predicted octanol–water partition coefficient (Wildman–Crippen LogP) is 1.00. The van der Waals surface area contributed by atoms with Gasteiger partial charge in [0.25, 0.3) is 0 Å². The average molecular weight is 325 g/mol. The fourth-order valence-electron chi connectivity index (χ4n) is 2.22. The standard InChI is InChI=1S/C17H15N3O4/c1-11-5-3-4-6-14(11)18-16(21)15-17(22)24-19-20(15)12-7-9-13(23-2)10-8-12/h3-10H,1-2H3,(H-,18,19,21,22). The summed E-state index contributed by atoms with van der Waals surface area (Å²) in [7, 11) is 1.55. The zero-order valence-electron chi connectivity index (χ0n) is 13.1. The third-order valence-corrected chi connectivity index (χ3v) is 3.52. The Labute approximate surface area is 137 Å². The zero-order chi connectivity index (χ0) is 17.1. The quantitative estimate of drug-likeness (QED) is 0.440. The molecule has 0 saturated carbocycles. The third-order valence-electron chi connectivity index (χ3n) is 3.52. The van der Waals surface area contributed by atoms with Crippen molar-refractivity contribution < 1.29 is 19.0 Å². The smallest absolute Gasteiger partial charge is 0.436 e. The number of nitrogens with zero attached hydrogens (tertiary/aromatic N) is 2. The van der Waals surface area contributed by atoms with E-state index in [0.29, 0.717) is 17.1 Å². The van der Waals surface area contributed by atoms with Crippen molar-refractivity contribution in [2.45, 2.75) is 6.92 Å². The maximum Gasteiger partial charge on any atom is 0.436 e. The zero-order valence-corrected chi connectivity index (χ0v) is 13.1. The number of rotatable bonds is 4. The first-order valence-electron chi connectivity index (χ1n) is 7.20. The van der Waals surface area contributed by atoms with Gasteiger partial charge in [-0.2, -0.15) is 0 Å². The molecule has 7 heteroatoms. The number of aromatic nitrogens is 2. The van der Waals surface area contributed by atoms with Gasteiger partial charge in [0.1, 0.15) is 5.75 Å². The van der Waals surface area contributed by atoms with Gasteiger partial charge in [-0.3, -0.25) is 9.52 Å². The molecule has 0 spiro atoms. The molecule has 0 fully saturated rings. The van der Waals surface area contributed by atoms with E-state index in [1.807, 2.05) is 19.1 Å². The van der Waals surface area contributed by atoms with E-state index in [-0.39, 0.29) is 5.69 Å². The topological polar surface area (TPSA) is 94.5 Å².